The third kappa shape index (κ3) is 7.21. The number of nitrogens with zero attached hydrogens (tertiary/aromatic N) is 2. The van der Waals surface area contributed by atoms with Gasteiger partial charge in [-0.05, 0) is 119 Å². The zero-order valence-corrected chi connectivity index (χ0v) is 36.8. The quantitative estimate of drug-likeness (QED) is 0.205. The molecule has 8 bridgehead atoms. The van der Waals surface area contributed by atoms with E-state index >= 15 is 0 Å². The number of carbonyl (C=O) groups is 1. The van der Waals surface area contributed by atoms with Gasteiger partial charge in [-0.1, -0.05) is 48.8 Å². The molecule has 3 aliphatic carbocycles. The molecule has 6 aliphatic heterocycles. The Hall–Kier alpha value is -2.26. The lowest BCUT2D eigenvalue weighted by Gasteiger charge is -2.71. The first-order chi connectivity index (χ1) is 29.1. The number of aliphatic hydroxyl groups excluding tert-OH is 2. The van der Waals surface area contributed by atoms with Crippen LogP contribution in [-0.4, -0.2) is 123 Å². The van der Waals surface area contributed by atoms with E-state index in [0.717, 1.165) is 116 Å². The second-order valence-corrected chi connectivity index (χ2v) is 22.8. The molecule has 0 radical (unpaired) electrons. The highest BCUT2D eigenvalue weighted by Crippen LogP contribution is 2.67. The Balaban J connectivity index is 1.09. The molecule has 9 aliphatic rings. The highest BCUT2D eigenvalue weighted by atomic mass is 16.4. The lowest BCUT2D eigenvalue weighted by Crippen LogP contribution is -3.17. The number of benzene rings is 1. The minimum Gasteiger partial charge on any atom is -0.550 e. The van der Waals surface area contributed by atoms with Crippen LogP contribution in [0, 0.1) is 28.6 Å². The predicted octanol–water partition coefficient (Wildman–Crippen LogP) is 1.12. The first-order valence-electron chi connectivity index (χ1n) is 24.2. The number of aliphatic hydroxyl groups is 4. The summed E-state index contributed by atoms with van der Waals surface area (Å²) >= 11 is 0. The summed E-state index contributed by atoms with van der Waals surface area (Å²) < 4.78 is 0. The molecule has 1 aromatic carbocycles. The molecule has 12 heteroatoms. The molecular formula is C49H74N6O6. The molecule has 0 amide bonds. The number of carboxylic acid groups (broad SMARTS) is 1. The normalized spacial score (nSPS) is 48.3. The van der Waals surface area contributed by atoms with E-state index < -0.39 is 46.8 Å². The number of allylic oxidation sites excluding steroid dienone is 1. The highest BCUT2D eigenvalue weighted by molar-refractivity contribution is 5.65. The fourth-order valence-corrected chi connectivity index (χ4v) is 16.1. The molecular weight excluding hydrogens is 769 g/mol. The maximum atomic E-state index is 14.3. The third-order valence-electron chi connectivity index (χ3n) is 19.1. The molecule has 9 N–H and O–H groups in total. The summed E-state index contributed by atoms with van der Waals surface area (Å²) in [5.41, 5.74) is 6.32. The Morgan fingerprint density at radius 2 is 1.79 bits per heavy atom. The predicted molar refractivity (Wildman–Crippen MR) is 231 cm³/mol. The SMILES string of the molecule is C[C@@]12C[C@H](Cc3cccc(c3)C[C@@H]3[C@]4(C=C5CCC[C@]6(C)[C@H](O)C[C@H]([NH+]7CC=NC7)[C@H]7[C@@H](CC4)[C@@]3(O)[C@H]5CN76)CCC3(CCCC3)[C@@H](O)C[C@@](O)(CC(=O)[O-])CN1)N[C@H](N)C2. The summed E-state index contributed by atoms with van der Waals surface area (Å²) in [6.45, 7) is 6.78. The van der Waals surface area contributed by atoms with Gasteiger partial charge in [0.05, 0.1) is 41.8 Å². The summed E-state index contributed by atoms with van der Waals surface area (Å²) in [6, 6.07) is 9.40. The molecule has 6 heterocycles. The van der Waals surface area contributed by atoms with E-state index in [0.29, 0.717) is 6.42 Å². The minimum atomic E-state index is -1.71. The number of hydrogen-bond acceptors (Lipinski definition) is 11. The van der Waals surface area contributed by atoms with E-state index in [2.05, 4.69) is 65.9 Å². The number of hydrogen-bond donors (Lipinski definition) is 8. The maximum absolute atomic E-state index is 14.3. The Morgan fingerprint density at radius 3 is 2.54 bits per heavy atom. The highest BCUT2D eigenvalue weighted by Gasteiger charge is 2.71. The van der Waals surface area contributed by atoms with Crippen LogP contribution in [-0.2, 0) is 17.6 Å². The largest absolute Gasteiger partial charge is 0.550 e. The van der Waals surface area contributed by atoms with Gasteiger partial charge in [-0.2, -0.15) is 0 Å². The number of carboxylic acids is 1. The van der Waals surface area contributed by atoms with Gasteiger partial charge in [0, 0.05) is 73.2 Å². The molecule has 61 heavy (non-hydrogen) atoms. The maximum Gasteiger partial charge on any atom is 0.171 e. The van der Waals surface area contributed by atoms with E-state index in [9.17, 15) is 30.3 Å². The first-order valence-corrected chi connectivity index (χ1v) is 24.2. The summed E-state index contributed by atoms with van der Waals surface area (Å²) in [6.07, 6.45) is 16.0. The van der Waals surface area contributed by atoms with E-state index in [1.54, 1.807) is 0 Å². The fourth-order valence-electron chi connectivity index (χ4n) is 16.1. The lowest BCUT2D eigenvalue weighted by molar-refractivity contribution is -0.916. The summed E-state index contributed by atoms with van der Waals surface area (Å²) in [5, 5.41) is 70.6. The first kappa shape index (κ1) is 42.7. The van der Waals surface area contributed by atoms with E-state index in [1.807, 2.05) is 0 Å². The number of fused-ring (bicyclic) bond motifs is 5. The van der Waals surface area contributed by atoms with Crippen LogP contribution < -0.4 is 26.4 Å². The van der Waals surface area contributed by atoms with Crippen LogP contribution in [0.25, 0.3) is 0 Å². The molecule has 1 spiro atoms. The number of aliphatic carboxylic acids is 1. The molecule has 6 fully saturated rings. The fraction of sp³-hybridized carbons (Fsp3) is 0.796. The second kappa shape index (κ2) is 15.4. The Bertz CT molecular complexity index is 1900. The number of nitrogens with one attached hydrogen (secondary N) is 3. The van der Waals surface area contributed by atoms with Crippen molar-refractivity contribution in [2.45, 2.75) is 188 Å². The summed E-state index contributed by atoms with van der Waals surface area (Å²) in [4.78, 5) is 21.1. The molecule has 12 nitrogen and oxygen atoms in total. The van der Waals surface area contributed by atoms with Gasteiger partial charge >= 0.3 is 0 Å². The average Bonchev–Trinajstić information content (AvgIpc) is 3.91. The van der Waals surface area contributed by atoms with Crippen molar-refractivity contribution in [3.05, 3.63) is 47.0 Å². The van der Waals surface area contributed by atoms with Gasteiger partial charge in [-0.25, -0.2) is 4.99 Å². The molecule has 336 valence electrons. The smallest absolute Gasteiger partial charge is 0.171 e. The number of quaternary nitrogens is 1. The van der Waals surface area contributed by atoms with Gasteiger partial charge in [-0.3, -0.25) is 10.2 Å². The van der Waals surface area contributed by atoms with Crippen LogP contribution in [0.1, 0.15) is 128 Å². The summed E-state index contributed by atoms with van der Waals surface area (Å²) in [5.74, 6) is -1.35. The zero-order chi connectivity index (χ0) is 42.6. The van der Waals surface area contributed by atoms with Crippen molar-refractivity contribution >= 4 is 12.2 Å². The number of aliphatic imine (C=N–C) groups is 1. The Labute approximate surface area is 362 Å². The van der Waals surface area contributed by atoms with Crippen molar-refractivity contribution in [1.29, 1.82) is 0 Å². The van der Waals surface area contributed by atoms with Crippen molar-refractivity contribution < 1.29 is 35.2 Å². The van der Waals surface area contributed by atoms with Gasteiger partial charge in [-0.15, -0.1) is 0 Å². The molecule has 0 aromatic heterocycles. The van der Waals surface area contributed by atoms with Gasteiger partial charge in [0.25, 0.3) is 0 Å². The van der Waals surface area contributed by atoms with Crippen LogP contribution in [0.3, 0.4) is 0 Å². The zero-order valence-electron chi connectivity index (χ0n) is 36.8. The molecule has 4 saturated heterocycles. The van der Waals surface area contributed by atoms with Crippen LogP contribution in [0.5, 0.6) is 0 Å². The van der Waals surface area contributed by atoms with E-state index in [4.69, 9.17) is 10.7 Å². The Kier molecular flexibility index (Phi) is 10.8. The van der Waals surface area contributed by atoms with Crippen molar-refractivity contribution in [2.24, 2.45) is 39.3 Å². The van der Waals surface area contributed by atoms with Crippen molar-refractivity contribution in [3.63, 3.8) is 0 Å². The molecule has 2 saturated carbocycles. The number of rotatable bonds is 3. The number of carbonyl (C=O) groups excluding carboxylic acids is 1. The standard InChI is InChI=1S/C49H74N6O6/c1-44-24-34(53-41(50)26-44)20-31-7-5-8-32(19-31)21-38-47(16-15-46(12-3-4-13-46)40(57)25-48(60,29-52-44)27-42(58)59)14-10-35-43-37(54-18-17-51-30-54)22-39(56)45(2)11-6-9-33(23-47)36(28-55(43)45)49(35,38)61/h5,7-8,17,19,23,34-41,43,52-53,56-57,60-61H,3-4,6,9-16,18,20-22,24-30,50H2,1-2H3,(H,58,59)/t34-,35+,36-,37-,38+,39+,40-,41-,43+,44-,45+,47-,48+,49+/m0/s1. The molecule has 15 atom stereocenters. The van der Waals surface area contributed by atoms with Crippen LogP contribution in [0.4, 0.5) is 0 Å². The van der Waals surface area contributed by atoms with Crippen molar-refractivity contribution in [3.8, 4) is 0 Å². The monoisotopic (exact) mass is 843 g/mol. The molecule has 10 rings (SSSR count). The van der Waals surface area contributed by atoms with Crippen LogP contribution in [0.15, 0.2) is 40.9 Å². The minimum absolute atomic E-state index is 0.0209. The average molecular weight is 843 g/mol. The van der Waals surface area contributed by atoms with Gasteiger partial charge < -0.3 is 46.3 Å². The van der Waals surface area contributed by atoms with Gasteiger partial charge in [0.2, 0.25) is 0 Å². The molecule has 1 aromatic rings. The van der Waals surface area contributed by atoms with Crippen molar-refractivity contribution in [2.75, 3.05) is 26.3 Å². The van der Waals surface area contributed by atoms with Gasteiger partial charge in [0.1, 0.15) is 12.6 Å². The number of nitrogens with two attached hydrogens (primary N) is 1. The third-order valence-corrected chi connectivity index (χ3v) is 19.1. The number of β-amino-alcohol motifs (C(OH)–C–C–N with tert-alkyl or cyclic N) is 1. The van der Waals surface area contributed by atoms with E-state index in [1.165, 1.54) is 21.6 Å². The van der Waals surface area contributed by atoms with Crippen molar-refractivity contribution in [1.82, 2.24) is 15.5 Å². The molecule has 1 unspecified atom stereocenters. The van der Waals surface area contributed by atoms with Crippen LogP contribution >= 0.6 is 0 Å². The Morgan fingerprint density at radius 1 is 1.00 bits per heavy atom. The van der Waals surface area contributed by atoms with Gasteiger partial charge in [0.15, 0.2) is 6.67 Å². The van der Waals surface area contributed by atoms with E-state index in [-0.39, 0.29) is 66.0 Å². The lowest BCUT2D eigenvalue weighted by atomic mass is 9.42. The van der Waals surface area contributed by atoms with Crippen LogP contribution in [0.2, 0.25) is 0 Å². The number of piperidine rings is 3. The second-order valence-electron chi connectivity index (χ2n) is 22.8. The summed E-state index contributed by atoms with van der Waals surface area (Å²) in [7, 11) is 0. The topological polar surface area (TPSA) is 191 Å².